The predicted octanol–water partition coefficient (Wildman–Crippen LogP) is 1.91. The number of hydrogen-bond donors (Lipinski definition) is 1. The molecule has 5 rings (SSSR count). The van der Waals surface area contributed by atoms with Crippen LogP contribution < -0.4 is 5.32 Å². The minimum Gasteiger partial charge on any atom is -0.344 e. The van der Waals surface area contributed by atoms with Crippen molar-refractivity contribution >= 4 is 33.0 Å². The van der Waals surface area contributed by atoms with Crippen LogP contribution in [0.1, 0.15) is 39.5 Å². The molecule has 0 spiro atoms. The Morgan fingerprint density at radius 3 is 2.73 bits per heavy atom. The molecule has 0 atom stereocenters. The van der Waals surface area contributed by atoms with Crippen LogP contribution in [-0.2, 0) is 36.1 Å². The molecule has 5 heterocycles. The molecule has 12 nitrogen and oxygen atoms in total. The van der Waals surface area contributed by atoms with Crippen molar-refractivity contribution in [3.8, 4) is 11.5 Å². The number of rotatable bonds is 6. The summed E-state index contributed by atoms with van der Waals surface area (Å²) in [7, 11) is -5.46. The van der Waals surface area contributed by atoms with E-state index in [0.29, 0.717) is 38.6 Å². The third kappa shape index (κ3) is 4.57. The maximum absolute atomic E-state index is 13.0. The fraction of sp³-hybridized carbons (Fsp3) is 0.400. The molecule has 1 aliphatic heterocycles. The van der Waals surface area contributed by atoms with E-state index in [2.05, 4.69) is 30.4 Å². The first-order chi connectivity index (χ1) is 17.5. The number of thiazole rings is 1. The lowest BCUT2D eigenvalue weighted by Crippen LogP contribution is -2.44. The van der Waals surface area contributed by atoms with Crippen LogP contribution >= 0.6 is 11.3 Å². The number of imidazole rings is 1. The summed E-state index contributed by atoms with van der Waals surface area (Å²) in [4.78, 5) is 30.3. The molecule has 0 saturated carbocycles. The zero-order valence-electron chi connectivity index (χ0n) is 19.5. The first-order valence-corrected chi connectivity index (χ1v) is 13.4. The van der Waals surface area contributed by atoms with E-state index < -0.39 is 22.1 Å². The highest BCUT2D eigenvalue weighted by Crippen LogP contribution is 2.30. The van der Waals surface area contributed by atoms with Crippen LogP contribution in [0.25, 0.3) is 17.3 Å². The molecule has 37 heavy (non-hydrogen) atoms. The number of hydrogen-bond acceptors (Lipinski definition) is 9. The molecule has 0 aliphatic carbocycles. The van der Waals surface area contributed by atoms with Gasteiger partial charge in [0.05, 0.1) is 25.3 Å². The van der Waals surface area contributed by atoms with Gasteiger partial charge >= 0.3 is 15.5 Å². The number of nitrogens with zero attached hydrogens (tertiary/aromatic N) is 8. The van der Waals surface area contributed by atoms with E-state index in [1.54, 1.807) is 22.2 Å². The molecule has 0 aromatic carbocycles. The van der Waals surface area contributed by atoms with Crippen molar-refractivity contribution < 1.29 is 26.4 Å². The smallest absolute Gasteiger partial charge is 0.344 e. The average molecular weight is 556 g/mol. The molecule has 0 bridgehead atoms. The first kappa shape index (κ1) is 25.2. The van der Waals surface area contributed by atoms with Crippen LogP contribution in [0, 0.1) is 6.92 Å². The highest BCUT2D eigenvalue weighted by molar-refractivity contribution is 7.89. The van der Waals surface area contributed by atoms with Crippen molar-refractivity contribution in [3.63, 3.8) is 0 Å². The maximum Gasteiger partial charge on any atom is 0.511 e. The van der Waals surface area contributed by atoms with Crippen molar-refractivity contribution in [2.24, 2.45) is 0 Å². The van der Waals surface area contributed by atoms with Gasteiger partial charge in [-0.2, -0.15) is 17.5 Å². The predicted molar refractivity (Wildman–Crippen MR) is 125 cm³/mol. The molecular weight excluding hydrogens is 535 g/mol. The zero-order chi connectivity index (χ0) is 26.5. The number of alkyl halides is 3. The zero-order valence-corrected chi connectivity index (χ0v) is 21.2. The number of halogens is 3. The molecule has 0 saturated heterocycles. The minimum atomic E-state index is -5.46. The fourth-order valence-electron chi connectivity index (χ4n) is 3.87. The average Bonchev–Trinajstić information content (AvgIpc) is 3.57. The van der Waals surface area contributed by atoms with Gasteiger partial charge in [0, 0.05) is 24.3 Å². The summed E-state index contributed by atoms with van der Waals surface area (Å²) in [5.74, 6) is 0.336. The monoisotopic (exact) mass is 555 g/mol. The van der Waals surface area contributed by atoms with E-state index in [1.807, 2.05) is 13.8 Å². The SMILES string of the molecule is CCc1nc2ncc(C)cn2c1C(=O)NCc1nc(-c2nc3n(n2)CCN(S(=O)(=O)C(F)(F)F)C3)cs1. The molecule has 1 amide bonds. The van der Waals surface area contributed by atoms with Gasteiger partial charge in [0.1, 0.15) is 22.2 Å². The van der Waals surface area contributed by atoms with E-state index in [-0.39, 0.29) is 37.2 Å². The molecule has 4 aromatic heterocycles. The molecule has 196 valence electrons. The molecule has 0 unspecified atom stereocenters. The van der Waals surface area contributed by atoms with E-state index in [4.69, 9.17) is 0 Å². The van der Waals surface area contributed by atoms with Gasteiger partial charge in [-0.3, -0.25) is 9.20 Å². The minimum absolute atomic E-state index is 0.0713. The Morgan fingerprint density at radius 2 is 2.00 bits per heavy atom. The van der Waals surface area contributed by atoms with Crippen molar-refractivity contribution in [1.82, 2.24) is 43.7 Å². The summed E-state index contributed by atoms with van der Waals surface area (Å²) in [6.07, 6.45) is 4.01. The van der Waals surface area contributed by atoms with Crippen molar-refractivity contribution in [3.05, 3.63) is 45.6 Å². The number of carbonyl (C=O) groups excluding carboxylic acids is 1. The van der Waals surface area contributed by atoms with Crippen LogP contribution in [0.3, 0.4) is 0 Å². The number of aryl methyl sites for hydroxylation is 2. The molecule has 0 radical (unpaired) electrons. The molecule has 17 heteroatoms. The van der Waals surface area contributed by atoms with Gasteiger partial charge in [0.15, 0.2) is 0 Å². The normalized spacial score (nSPS) is 14.7. The number of fused-ring (bicyclic) bond motifs is 2. The van der Waals surface area contributed by atoms with Gasteiger partial charge in [-0.05, 0) is 18.9 Å². The summed E-state index contributed by atoms with van der Waals surface area (Å²) in [6.45, 7) is 2.89. The third-order valence-corrected chi connectivity index (χ3v) is 8.10. The largest absolute Gasteiger partial charge is 0.511 e. The quantitative estimate of drug-likeness (QED) is 0.381. The Morgan fingerprint density at radius 1 is 1.22 bits per heavy atom. The lowest BCUT2D eigenvalue weighted by atomic mass is 10.2. The van der Waals surface area contributed by atoms with Gasteiger partial charge < -0.3 is 5.32 Å². The summed E-state index contributed by atoms with van der Waals surface area (Å²) >= 11 is 1.25. The highest BCUT2D eigenvalue weighted by atomic mass is 32.2. The summed E-state index contributed by atoms with van der Waals surface area (Å²) in [6, 6.07) is 0. The number of carbonyl (C=O) groups is 1. The first-order valence-electron chi connectivity index (χ1n) is 11.0. The van der Waals surface area contributed by atoms with Crippen LogP contribution in [-0.4, -0.2) is 64.8 Å². The number of nitrogens with one attached hydrogen (secondary N) is 1. The third-order valence-electron chi connectivity index (χ3n) is 5.67. The topological polar surface area (TPSA) is 140 Å². The summed E-state index contributed by atoms with van der Waals surface area (Å²) in [5.41, 5.74) is -3.13. The van der Waals surface area contributed by atoms with E-state index in [0.717, 1.165) is 5.56 Å². The second kappa shape index (κ2) is 9.14. The number of amides is 1. The number of sulfonamides is 1. The van der Waals surface area contributed by atoms with Crippen LogP contribution in [0.2, 0.25) is 0 Å². The fourth-order valence-corrected chi connectivity index (χ4v) is 5.48. The molecule has 4 aromatic rings. The molecular formula is C20H20F3N9O3S2. The Bertz CT molecular complexity index is 1610. The second-order valence-corrected chi connectivity index (χ2v) is 11.1. The Balaban J connectivity index is 1.30. The van der Waals surface area contributed by atoms with Gasteiger partial charge in [0.2, 0.25) is 11.6 Å². The van der Waals surface area contributed by atoms with E-state index >= 15 is 0 Å². The molecule has 0 fully saturated rings. The standard InChI is InChI=1S/C20H20F3N9O3S2/c1-3-12-16(31-8-11(2)6-25-19(31)27-12)18(33)24-7-15-26-13(10-36-15)17-28-14-9-30(4-5-32(14)29-17)37(34,35)20(21,22)23/h6,8,10H,3-5,7,9H2,1-2H3,(H,24,33). The van der Waals surface area contributed by atoms with Gasteiger partial charge in [0.25, 0.3) is 5.91 Å². The van der Waals surface area contributed by atoms with Gasteiger partial charge in [-0.1, -0.05) is 6.92 Å². The lowest BCUT2D eigenvalue weighted by molar-refractivity contribution is -0.0496. The van der Waals surface area contributed by atoms with E-state index in [1.165, 1.54) is 16.0 Å². The Labute approximate surface area is 212 Å². The summed E-state index contributed by atoms with van der Waals surface area (Å²) in [5, 5.41) is 9.30. The second-order valence-electron chi connectivity index (χ2n) is 8.23. The Kier molecular flexibility index (Phi) is 6.23. The summed E-state index contributed by atoms with van der Waals surface area (Å²) < 4.78 is 65.5. The van der Waals surface area contributed by atoms with E-state index in [9.17, 15) is 26.4 Å². The van der Waals surface area contributed by atoms with Gasteiger partial charge in [-0.25, -0.2) is 33.0 Å². The van der Waals surface area contributed by atoms with Crippen LogP contribution in [0.15, 0.2) is 17.8 Å². The van der Waals surface area contributed by atoms with Crippen molar-refractivity contribution in [2.45, 2.75) is 45.4 Å². The van der Waals surface area contributed by atoms with Crippen molar-refractivity contribution in [2.75, 3.05) is 6.54 Å². The number of aromatic nitrogens is 7. The maximum atomic E-state index is 13.0. The van der Waals surface area contributed by atoms with Gasteiger partial charge in [-0.15, -0.1) is 16.4 Å². The lowest BCUT2D eigenvalue weighted by Gasteiger charge is -2.26. The highest BCUT2D eigenvalue weighted by Gasteiger charge is 2.50. The van der Waals surface area contributed by atoms with Crippen LogP contribution in [0.4, 0.5) is 13.2 Å². The van der Waals surface area contributed by atoms with Crippen LogP contribution in [0.5, 0.6) is 0 Å². The van der Waals surface area contributed by atoms with Crippen molar-refractivity contribution in [1.29, 1.82) is 0 Å². The molecule has 1 aliphatic rings. The Hall–Kier alpha value is -3.44. The molecule has 1 N–H and O–H groups in total.